The van der Waals surface area contributed by atoms with Gasteiger partial charge in [0.1, 0.15) is 0 Å². The standard InChI is InChI=1S/C11H11ClN4O4S/c1-6-3-11(14-13-6)15-21(19,20)8-4-9(12)7(2)10(5-8)16(17)18/h3-5H,1-2H3,(H2,13,14,15). The second-order valence-electron chi connectivity index (χ2n) is 4.35. The second-order valence-corrected chi connectivity index (χ2v) is 6.44. The van der Waals surface area contributed by atoms with E-state index in [1.165, 1.54) is 13.0 Å². The van der Waals surface area contributed by atoms with Gasteiger partial charge in [-0.25, -0.2) is 8.42 Å². The number of nitrogens with zero attached hydrogens (tertiary/aromatic N) is 2. The Balaban J connectivity index is 2.47. The number of anilines is 1. The lowest BCUT2D eigenvalue weighted by molar-refractivity contribution is -0.385. The number of halogens is 1. The lowest BCUT2D eigenvalue weighted by atomic mass is 10.2. The van der Waals surface area contributed by atoms with E-state index in [-0.39, 0.29) is 27.0 Å². The quantitative estimate of drug-likeness (QED) is 0.659. The summed E-state index contributed by atoms with van der Waals surface area (Å²) in [5.41, 5.74) is 0.512. The monoisotopic (exact) mass is 330 g/mol. The molecule has 0 aliphatic rings. The predicted molar refractivity (Wildman–Crippen MR) is 77.0 cm³/mol. The van der Waals surface area contributed by atoms with Crippen LogP contribution >= 0.6 is 11.6 Å². The van der Waals surface area contributed by atoms with Crippen molar-refractivity contribution < 1.29 is 13.3 Å². The Bertz CT molecular complexity index is 816. The van der Waals surface area contributed by atoms with Crippen LogP contribution in [0.4, 0.5) is 11.5 Å². The van der Waals surface area contributed by atoms with Crippen LogP contribution in [0.25, 0.3) is 0 Å². The number of aromatic amines is 1. The number of nitro groups is 1. The van der Waals surface area contributed by atoms with Gasteiger partial charge in [0.2, 0.25) is 0 Å². The summed E-state index contributed by atoms with van der Waals surface area (Å²) in [5, 5.41) is 17.3. The Morgan fingerprint density at radius 3 is 2.52 bits per heavy atom. The number of benzene rings is 1. The zero-order valence-electron chi connectivity index (χ0n) is 11.0. The highest BCUT2D eigenvalue weighted by molar-refractivity contribution is 7.92. The third kappa shape index (κ3) is 3.14. The largest absolute Gasteiger partial charge is 0.281 e. The Morgan fingerprint density at radius 1 is 1.33 bits per heavy atom. The van der Waals surface area contributed by atoms with Crippen LogP contribution < -0.4 is 4.72 Å². The molecule has 0 fully saturated rings. The zero-order valence-corrected chi connectivity index (χ0v) is 12.6. The fourth-order valence-corrected chi connectivity index (χ4v) is 2.97. The minimum atomic E-state index is -4.02. The first kappa shape index (κ1) is 15.3. The molecular weight excluding hydrogens is 320 g/mol. The van der Waals surface area contributed by atoms with Crippen LogP contribution in [0.2, 0.25) is 5.02 Å². The molecule has 2 N–H and O–H groups in total. The van der Waals surface area contributed by atoms with E-state index in [4.69, 9.17) is 11.6 Å². The van der Waals surface area contributed by atoms with Gasteiger partial charge in [-0.15, -0.1) is 0 Å². The van der Waals surface area contributed by atoms with Crippen molar-refractivity contribution in [3.63, 3.8) is 0 Å². The van der Waals surface area contributed by atoms with Crippen LogP contribution in [0.1, 0.15) is 11.3 Å². The number of sulfonamides is 1. The first-order valence-electron chi connectivity index (χ1n) is 5.70. The van der Waals surface area contributed by atoms with E-state index >= 15 is 0 Å². The van der Waals surface area contributed by atoms with E-state index in [1.807, 2.05) is 0 Å². The molecule has 0 bridgehead atoms. The summed E-state index contributed by atoms with van der Waals surface area (Å²) in [6, 6.07) is 3.61. The maximum atomic E-state index is 12.2. The molecule has 1 heterocycles. The molecule has 0 spiro atoms. The van der Waals surface area contributed by atoms with Gasteiger partial charge in [0.15, 0.2) is 5.82 Å². The molecule has 1 aromatic carbocycles. The summed E-state index contributed by atoms with van der Waals surface area (Å²) in [7, 11) is -4.02. The number of nitro benzene ring substituents is 1. The molecule has 0 saturated carbocycles. The molecule has 0 atom stereocenters. The Kier molecular flexibility index (Phi) is 3.88. The number of aromatic nitrogens is 2. The summed E-state index contributed by atoms with van der Waals surface area (Å²) in [5.74, 6) is 0.0897. The van der Waals surface area contributed by atoms with E-state index in [9.17, 15) is 18.5 Å². The van der Waals surface area contributed by atoms with Gasteiger partial charge in [-0.2, -0.15) is 5.10 Å². The third-order valence-corrected chi connectivity index (χ3v) is 4.47. The van der Waals surface area contributed by atoms with E-state index in [1.54, 1.807) is 6.92 Å². The number of hydrogen-bond donors (Lipinski definition) is 2. The number of hydrogen-bond acceptors (Lipinski definition) is 5. The van der Waals surface area contributed by atoms with Crippen molar-refractivity contribution in [1.82, 2.24) is 10.2 Å². The summed E-state index contributed by atoms with van der Waals surface area (Å²) in [4.78, 5) is 9.95. The van der Waals surface area contributed by atoms with Gasteiger partial charge in [0, 0.05) is 23.4 Å². The molecular formula is C11H11ClN4O4S. The first-order chi connectivity index (χ1) is 9.70. The van der Waals surface area contributed by atoms with Gasteiger partial charge < -0.3 is 0 Å². The molecule has 0 radical (unpaired) electrons. The fourth-order valence-electron chi connectivity index (χ4n) is 1.65. The van der Waals surface area contributed by atoms with Gasteiger partial charge in [0.25, 0.3) is 15.7 Å². The van der Waals surface area contributed by atoms with Gasteiger partial charge in [-0.3, -0.25) is 19.9 Å². The minimum Gasteiger partial charge on any atom is -0.281 e. The highest BCUT2D eigenvalue weighted by Crippen LogP contribution is 2.30. The van der Waals surface area contributed by atoms with Gasteiger partial charge in [-0.05, 0) is 19.9 Å². The molecule has 2 rings (SSSR count). The third-order valence-electron chi connectivity index (χ3n) is 2.74. The van der Waals surface area contributed by atoms with E-state index in [0.29, 0.717) is 5.69 Å². The SMILES string of the molecule is Cc1cc(NS(=O)(=O)c2cc(Cl)c(C)c([N+](=O)[O-])c2)n[nH]1. The number of H-pyrrole nitrogens is 1. The maximum absolute atomic E-state index is 12.2. The molecule has 0 amide bonds. The normalized spacial score (nSPS) is 11.4. The topological polar surface area (TPSA) is 118 Å². The molecule has 10 heteroatoms. The van der Waals surface area contributed by atoms with Crippen LogP contribution in [0.3, 0.4) is 0 Å². The van der Waals surface area contributed by atoms with Crippen LogP contribution in [0, 0.1) is 24.0 Å². The maximum Gasteiger partial charge on any atom is 0.275 e. The van der Waals surface area contributed by atoms with E-state index < -0.39 is 14.9 Å². The van der Waals surface area contributed by atoms with Gasteiger partial charge in [0.05, 0.1) is 14.8 Å². The van der Waals surface area contributed by atoms with Crippen LogP contribution in [-0.4, -0.2) is 23.5 Å². The molecule has 0 aliphatic carbocycles. The van der Waals surface area contributed by atoms with Crippen molar-refractivity contribution in [2.75, 3.05) is 4.72 Å². The van der Waals surface area contributed by atoms with Gasteiger partial charge >= 0.3 is 0 Å². The molecule has 0 unspecified atom stereocenters. The fraction of sp³-hybridized carbons (Fsp3) is 0.182. The highest BCUT2D eigenvalue weighted by atomic mass is 35.5. The average Bonchev–Trinajstić information content (AvgIpc) is 2.76. The molecule has 0 saturated heterocycles. The Labute approximate surface area is 125 Å². The van der Waals surface area contributed by atoms with Crippen LogP contribution in [-0.2, 0) is 10.0 Å². The minimum absolute atomic E-state index is 0.00258. The number of rotatable bonds is 4. The van der Waals surface area contributed by atoms with E-state index in [0.717, 1.165) is 12.1 Å². The van der Waals surface area contributed by atoms with Gasteiger partial charge in [-0.1, -0.05) is 11.6 Å². The van der Waals surface area contributed by atoms with Crippen molar-refractivity contribution >= 4 is 33.1 Å². The van der Waals surface area contributed by atoms with Crippen molar-refractivity contribution in [2.24, 2.45) is 0 Å². The van der Waals surface area contributed by atoms with Crippen molar-refractivity contribution in [3.05, 3.63) is 44.6 Å². The zero-order chi connectivity index (χ0) is 15.8. The molecule has 1 aromatic heterocycles. The average molecular weight is 331 g/mol. The molecule has 21 heavy (non-hydrogen) atoms. The highest BCUT2D eigenvalue weighted by Gasteiger charge is 2.23. The first-order valence-corrected chi connectivity index (χ1v) is 7.56. The van der Waals surface area contributed by atoms with Crippen molar-refractivity contribution in [3.8, 4) is 0 Å². The lowest BCUT2D eigenvalue weighted by Gasteiger charge is -2.07. The second kappa shape index (κ2) is 5.34. The molecule has 2 aromatic rings. The predicted octanol–water partition coefficient (Wildman–Crippen LogP) is 2.39. The summed E-state index contributed by atoms with van der Waals surface area (Å²) in [6.45, 7) is 3.15. The Morgan fingerprint density at radius 2 is 2.00 bits per heavy atom. The smallest absolute Gasteiger partial charge is 0.275 e. The van der Waals surface area contributed by atoms with Crippen LogP contribution in [0.15, 0.2) is 23.1 Å². The van der Waals surface area contributed by atoms with Crippen molar-refractivity contribution in [1.29, 1.82) is 0 Å². The summed E-state index contributed by atoms with van der Waals surface area (Å²) >= 11 is 5.86. The summed E-state index contributed by atoms with van der Waals surface area (Å²) in [6.07, 6.45) is 0. The Hall–Kier alpha value is -2.13. The lowest BCUT2D eigenvalue weighted by Crippen LogP contribution is -2.14. The molecule has 8 nitrogen and oxygen atoms in total. The number of nitrogens with one attached hydrogen (secondary N) is 2. The van der Waals surface area contributed by atoms with E-state index in [2.05, 4.69) is 14.9 Å². The molecule has 112 valence electrons. The molecule has 0 aliphatic heterocycles. The summed E-state index contributed by atoms with van der Waals surface area (Å²) < 4.78 is 26.6. The van der Waals surface area contributed by atoms with Crippen molar-refractivity contribution in [2.45, 2.75) is 18.7 Å². The van der Waals surface area contributed by atoms with Crippen LogP contribution in [0.5, 0.6) is 0 Å². The number of aryl methyl sites for hydroxylation is 1.